The average Bonchev–Trinajstić information content (AvgIpc) is 2.54. The van der Waals surface area contributed by atoms with Crippen LogP contribution < -0.4 is 15.7 Å². The fourth-order valence-electron chi connectivity index (χ4n) is 2.46. The maximum Gasteiger partial charge on any atom is 0.336 e. The molecule has 4 nitrogen and oxygen atoms in total. The molecule has 0 radical (unpaired) electrons. The van der Waals surface area contributed by atoms with E-state index in [1.165, 1.54) is 18.2 Å². The molecule has 0 amide bonds. The Hall–Kier alpha value is -2.82. The van der Waals surface area contributed by atoms with E-state index in [1.807, 2.05) is 13.0 Å². The summed E-state index contributed by atoms with van der Waals surface area (Å²) in [6.45, 7) is 2.28. The number of ether oxygens (including phenoxy) is 1. The Morgan fingerprint density at radius 1 is 1.17 bits per heavy atom. The average molecular weight is 313 g/mol. The zero-order valence-electron chi connectivity index (χ0n) is 12.9. The van der Waals surface area contributed by atoms with Crippen molar-refractivity contribution in [2.45, 2.75) is 13.5 Å². The van der Waals surface area contributed by atoms with Crippen molar-refractivity contribution in [2.24, 2.45) is 0 Å². The normalized spacial score (nSPS) is 10.7. The number of methoxy groups -OCH3 is 1. The Morgan fingerprint density at radius 3 is 2.78 bits per heavy atom. The van der Waals surface area contributed by atoms with E-state index in [9.17, 15) is 9.18 Å². The van der Waals surface area contributed by atoms with Crippen LogP contribution in [0.5, 0.6) is 5.75 Å². The number of hydrogen-bond acceptors (Lipinski definition) is 4. The van der Waals surface area contributed by atoms with Crippen LogP contribution in [0.2, 0.25) is 0 Å². The van der Waals surface area contributed by atoms with Crippen molar-refractivity contribution in [2.75, 3.05) is 12.4 Å². The Balaban J connectivity index is 1.96. The fraction of sp³-hybridized carbons (Fsp3) is 0.167. The molecule has 0 spiro atoms. The second kappa shape index (κ2) is 6.12. The van der Waals surface area contributed by atoms with Gasteiger partial charge in [-0.2, -0.15) is 0 Å². The number of fused-ring (bicyclic) bond motifs is 1. The Labute approximate surface area is 132 Å². The van der Waals surface area contributed by atoms with Crippen molar-refractivity contribution < 1.29 is 13.5 Å². The van der Waals surface area contributed by atoms with Gasteiger partial charge < -0.3 is 14.5 Å². The van der Waals surface area contributed by atoms with Crippen molar-refractivity contribution in [3.8, 4) is 5.75 Å². The zero-order chi connectivity index (χ0) is 16.4. The van der Waals surface area contributed by atoms with Crippen molar-refractivity contribution >= 4 is 16.7 Å². The van der Waals surface area contributed by atoms with E-state index in [0.717, 1.165) is 16.5 Å². The highest BCUT2D eigenvalue weighted by molar-refractivity contribution is 5.81. The second-order valence-corrected chi connectivity index (χ2v) is 5.27. The number of anilines is 1. The molecule has 3 rings (SSSR count). The van der Waals surface area contributed by atoms with Crippen molar-refractivity contribution in [1.29, 1.82) is 0 Å². The molecule has 1 N–H and O–H groups in total. The van der Waals surface area contributed by atoms with Crippen molar-refractivity contribution in [3.63, 3.8) is 0 Å². The van der Waals surface area contributed by atoms with E-state index in [1.54, 1.807) is 25.3 Å². The quantitative estimate of drug-likeness (QED) is 0.743. The summed E-state index contributed by atoms with van der Waals surface area (Å²) in [6, 6.07) is 11.3. The summed E-state index contributed by atoms with van der Waals surface area (Å²) >= 11 is 0. The summed E-state index contributed by atoms with van der Waals surface area (Å²) in [6.07, 6.45) is 0. The first-order chi connectivity index (χ1) is 11.1. The van der Waals surface area contributed by atoms with Gasteiger partial charge in [0.25, 0.3) is 0 Å². The van der Waals surface area contributed by atoms with Gasteiger partial charge in [0.1, 0.15) is 17.1 Å². The molecule has 0 unspecified atom stereocenters. The minimum atomic E-state index is -0.432. The molecule has 0 bridgehead atoms. The third-order valence-electron chi connectivity index (χ3n) is 3.71. The Kier molecular flexibility index (Phi) is 4.02. The summed E-state index contributed by atoms with van der Waals surface area (Å²) in [5.74, 6) is 0.312. The van der Waals surface area contributed by atoms with Crippen LogP contribution >= 0.6 is 0 Å². The van der Waals surface area contributed by atoms with E-state index in [-0.39, 0.29) is 5.82 Å². The topological polar surface area (TPSA) is 51.5 Å². The number of hydrogen-bond donors (Lipinski definition) is 1. The SMILES string of the molecule is COc1ccc2c(CNc3cc(F)ccc3C)cc(=O)oc2c1. The van der Waals surface area contributed by atoms with Gasteiger partial charge in [0, 0.05) is 29.8 Å². The lowest BCUT2D eigenvalue weighted by atomic mass is 10.1. The third kappa shape index (κ3) is 3.18. The first-order valence-corrected chi connectivity index (χ1v) is 7.17. The van der Waals surface area contributed by atoms with Gasteiger partial charge in [-0.25, -0.2) is 9.18 Å². The van der Waals surface area contributed by atoms with E-state index >= 15 is 0 Å². The molecular formula is C18H16FNO3. The Morgan fingerprint density at radius 2 is 2.00 bits per heavy atom. The first-order valence-electron chi connectivity index (χ1n) is 7.17. The highest BCUT2D eigenvalue weighted by atomic mass is 19.1. The van der Waals surface area contributed by atoms with E-state index in [4.69, 9.17) is 9.15 Å². The van der Waals surface area contributed by atoms with Crippen LogP contribution in [0.15, 0.2) is 51.7 Å². The lowest BCUT2D eigenvalue weighted by molar-refractivity contribution is 0.414. The van der Waals surface area contributed by atoms with E-state index < -0.39 is 5.63 Å². The third-order valence-corrected chi connectivity index (χ3v) is 3.71. The van der Waals surface area contributed by atoms with Crippen LogP contribution in [0, 0.1) is 12.7 Å². The molecule has 1 heterocycles. The predicted molar refractivity (Wildman–Crippen MR) is 87.5 cm³/mol. The molecule has 0 saturated carbocycles. The van der Waals surface area contributed by atoms with E-state index in [0.29, 0.717) is 23.6 Å². The van der Waals surface area contributed by atoms with E-state index in [2.05, 4.69) is 5.32 Å². The lowest BCUT2D eigenvalue weighted by Gasteiger charge is -2.11. The molecule has 0 fully saturated rings. The standard InChI is InChI=1S/C18H16FNO3/c1-11-3-4-13(19)8-16(11)20-10-12-7-18(21)23-17-9-14(22-2)5-6-15(12)17/h3-9,20H,10H2,1-2H3. The smallest absolute Gasteiger partial charge is 0.336 e. The van der Waals surface area contributed by atoms with Gasteiger partial charge in [-0.3, -0.25) is 0 Å². The van der Waals surface area contributed by atoms with Gasteiger partial charge in [-0.15, -0.1) is 0 Å². The second-order valence-electron chi connectivity index (χ2n) is 5.27. The minimum absolute atomic E-state index is 0.305. The minimum Gasteiger partial charge on any atom is -0.497 e. The largest absolute Gasteiger partial charge is 0.497 e. The Bertz CT molecular complexity index is 918. The molecule has 0 aliphatic rings. The summed E-state index contributed by atoms with van der Waals surface area (Å²) in [7, 11) is 1.55. The highest BCUT2D eigenvalue weighted by Gasteiger charge is 2.08. The molecule has 1 aromatic heterocycles. The number of aryl methyl sites for hydroxylation is 1. The van der Waals surface area contributed by atoms with Crippen molar-refractivity contribution in [1.82, 2.24) is 0 Å². The van der Waals surface area contributed by atoms with Gasteiger partial charge in [-0.1, -0.05) is 6.07 Å². The van der Waals surface area contributed by atoms with Gasteiger partial charge >= 0.3 is 5.63 Å². The predicted octanol–water partition coefficient (Wildman–Crippen LogP) is 3.86. The summed E-state index contributed by atoms with van der Waals surface area (Å²) in [5.41, 5.74) is 2.44. The van der Waals surface area contributed by atoms with Gasteiger partial charge in [0.05, 0.1) is 7.11 Å². The lowest BCUT2D eigenvalue weighted by Crippen LogP contribution is -2.06. The number of halogens is 1. The molecule has 0 saturated heterocycles. The zero-order valence-corrected chi connectivity index (χ0v) is 12.9. The molecule has 2 aromatic carbocycles. The summed E-state index contributed by atoms with van der Waals surface area (Å²) in [4.78, 5) is 11.7. The maximum absolute atomic E-state index is 13.4. The number of rotatable bonds is 4. The molecule has 0 aliphatic heterocycles. The fourth-order valence-corrected chi connectivity index (χ4v) is 2.46. The van der Waals surface area contributed by atoms with Gasteiger partial charge in [-0.05, 0) is 42.3 Å². The highest BCUT2D eigenvalue weighted by Crippen LogP contribution is 2.24. The van der Waals surface area contributed by atoms with Crippen LogP contribution in [-0.2, 0) is 6.54 Å². The monoisotopic (exact) mass is 313 g/mol. The number of benzene rings is 2. The van der Waals surface area contributed by atoms with Crippen LogP contribution in [0.1, 0.15) is 11.1 Å². The molecule has 5 heteroatoms. The van der Waals surface area contributed by atoms with Crippen LogP contribution in [-0.4, -0.2) is 7.11 Å². The molecule has 3 aromatic rings. The number of nitrogens with one attached hydrogen (secondary N) is 1. The summed E-state index contributed by atoms with van der Waals surface area (Å²) < 4.78 is 23.7. The molecule has 23 heavy (non-hydrogen) atoms. The first kappa shape index (κ1) is 15.1. The van der Waals surface area contributed by atoms with Crippen molar-refractivity contribution in [3.05, 3.63) is 69.8 Å². The summed E-state index contributed by atoms with van der Waals surface area (Å²) in [5, 5.41) is 3.98. The molecule has 0 aliphatic carbocycles. The van der Waals surface area contributed by atoms with Crippen LogP contribution in [0.3, 0.4) is 0 Å². The maximum atomic E-state index is 13.4. The molecule has 118 valence electrons. The molecular weight excluding hydrogens is 297 g/mol. The van der Waals surface area contributed by atoms with Crippen LogP contribution in [0.4, 0.5) is 10.1 Å². The van der Waals surface area contributed by atoms with Crippen LogP contribution in [0.25, 0.3) is 11.0 Å². The van der Waals surface area contributed by atoms with Gasteiger partial charge in [0.2, 0.25) is 0 Å². The van der Waals surface area contributed by atoms with Gasteiger partial charge in [0.15, 0.2) is 0 Å². The molecule has 0 atom stereocenters.